The molecule has 6 nitrogen and oxygen atoms in total. The largest absolute Gasteiger partial charge is 0.481 e. The lowest BCUT2D eigenvalue weighted by Gasteiger charge is -2.16. The van der Waals surface area contributed by atoms with E-state index < -0.39 is 12.1 Å². The minimum absolute atomic E-state index is 0.351. The zero-order valence-corrected chi connectivity index (χ0v) is 14.2. The highest BCUT2D eigenvalue weighted by molar-refractivity contribution is 5.97. The molecule has 0 aliphatic carbocycles. The van der Waals surface area contributed by atoms with Crippen molar-refractivity contribution >= 4 is 17.6 Å². The molecule has 6 heteroatoms. The van der Waals surface area contributed by atoms with Crippen molar-refractivity contribution < 1.29 is 19.1 Å². The van der Waals surface area contributed by atoms with Crippen molar-refractivity contribution in [3.63, 3.8) is 0 Å². The molecule has 0 aliphatic rings. The van der Waals surface area contributed by atoms with Crippen LogP contribution in [-0.4, -0.2) is 25.1 Å². The van der Waals surface area contributed by atoms with E-state index in [1.54, 1.807) is 49.4 Å². The lowest BCUT2D eigenvalue weighted by atomic mass is 10.1. The molecule has 128 valence electrons. The van der Waals surface area contributed by atoms with Gasteiger partial charge in [-0.15, -0.1) is 0 Å². The van der Waals surface area contributed by atoms with Gasteiger partial charge in [0.1, 0.15) is 5.75 Å². The molecule has 0 radical (unpaired) electrons. The van der Waals surface area contributed by atoms with Crippen LogP contribution in [0.5, 0.6) is 5.75 Å². The van der Waals surface area contributed by atoms with E-state index in [-0.39, 0.29) is 5.91 Å². The van der Waals surface area contributed by atoms with E-state index in [0.29, 0.717) is 22.6 Å². The third-order valence-corrected chi connectivity index (χ3v) is 3.58. The van der Waals surface area contributed by atoms with Crippen molar-refractivity contribution in [2.24, 2.45) is 0 Å². The van der Waals surface area contributed by atoms with Crippen LogP contribution in [0.25, 0.3) is 0 Å². The summed E-state index contributed by atoms with van der Waals surface area (Å²) < 4.78 is 10.3. The molecular weight excluding hydrogens is 320 g/mol. The van der Waals surface area contributed by atoms with Gasteiger partial charge >= 0.3 is 5.97 Å². The van der Waals surface area contributed by atoms with Gasteiger partial charge in [0.25, 0.3) is 5.91 Å². The molecule has 1 amide bonds. The number of ether oxygens (including phenoxy) is 2. The number of nitrogens with one attached hydrogen (secondary N) is 1. The standard InChI is InChI=1S/C19H18N2O4/c1-12-4-7-15(19(23)24-3)10-17(12)21-18(22)13(2)25-16-8-5-14(11-20)6-9-16/h4-10,13H,1-3H3,(H,21,22)/t13-/m0/s1. The molecule has 2 aromatic rings. The molecule has 0 unspecified atom stereocenters. The normalized spacial score (nSPS) is 11.1. The van der Waals surface area contributed by atoms with Gasteiger partial charge in [-0.1, -0.05) is 6.07 Å². The van der Waals surface area contributed by atoms with Crippen molar-refractivity contribution in [2.75, 3.05) is 12.4 Å². The summed E-state index contributed by atoms with van der Waals surface area (Å²) >= 11 is 0. The van der Waals surface area contributed by atoms with Crippen LogP contribution in [0.1, 0.15) is 28.4 Å². The summed E-state index contributed by atoms with van der Waals surface area (Å²) in [6.07, 6.45) is -0.755. The molecule has 0 spiro atoms. The SMILES string of the molecule is COC(=O)c1ccc(C)c(NC(=O)[C@H](C)Oc2ccc(C#N)cc2)c1. The van der Waals surface area contributed by atoms with Gasteiger partial charge < -0.3 is 14.8 Å². The Balaban J connectivity index is 2.07. The number of anilines is 1. The van der Waals surface area contributed by atoms with Crippen LogP contribution >= 0.6 is 0 Å². The number of amides is 1. The smallest absolute Gasteiger partial charge is 0.337 e. The van der Waals surface area contributed by atoms with E-state index in [2.05, 4.69) is 10.1 Å². The first kappa shape index (κ1) is 18.0. The highest BCUT2D eigenvalue weighted by Gasteiger charge is 2.17. The van der Waals surface area contributed by atoms with Gasteiger partial charge in [0, 0.05) is 5.69 Å². The Labute approximate surface area is 146 Å². The van der Waals surface area contributed by atoms with E-state index in [9.17, 15) is 9.59 Å². The Morgan fingerprint density at radius 1 is 1.16 bits per heavy atom. The zero-order chi connectivity index (χ0) is 18.4. The number of nitrogens with zero attached hydrogens (tertiary/aromatic N) is 1. The van der Waals surface area contributed by atoms with Gasteiger partial charge in [-0.25, -0.2) is 4.79 Å². The van der Waals surface area contributed by atoms with Crippen molar-refractivity contribution in [1.82, 2.24) is 0 Å². The van der Waals surface area contributed by atoms with Crippen LogP contribution < -0.4 is 10.1 Å². The molecule has 1 N–H and O–H groups in total. The Bertz CT molecular complexity index is 822. The summed E-state index contributed by atoms with van der Waals surface area (Å²) in [7, 11) is 1.30. The van der Waals surface area contributed by atoms with Gasteiger partial charge in [0.15, 0.2) is 6.10 Å². The second-order valence-corrected chi connectivity index (χ2v) is 5.41. The molecule has 2 rings (SSSR count). The van der Waals surface area contributed by atoms with Crippen LogP contribution in [0.3, 0.4) is 0 Å². The number of methoxy groups -OCH3 is 1. The lowest BCUT2D eigenvalue weighted by molar-refractivity contribution is -0.122. The predicted octanol–water partition coefficient (Wildman–Crippen LogP) is 3.06. The summed E-state index contributed by atoms with van der Waals surface area (Å²) in [5.41, 5.74) is 2.19. The fraction of sp³-hybridized carbons (Fsp3) is 0.211. The average molecular weight is 338 g/mol. The summed E-state index contributed by atoms with van der Waals surface area (Å²) in [6, 6.07) is 13.4. The Hall–Kier alpha value is -3.33. The van der Waals surface area contributed by atoms with Crippen molar-refractivity contribution in [3.05, 3.63) is 59.2 Å². The molecule has 0 saturated carbocycles. The third kappa shape index (κ3) is 4.58. The number of benzene rings is 2. The molecule has 0 fully saturated rings. The number of carbonyl (C=O) groups excluding carboxylic acids is 2. The molecule has 1 atom stereocenters. The first-order valence-electron chi connectivity index (χ1n) is 7.61. The van der Waals surface area contributed by atoms with E-state index in [0.717, 1.165) is 5.56 Å². The molecule has 0 aromatic heterocycles. The van der Waals surface area contributed by atoms with Gasteiger partial charge in [-0.2, -0.15) is 5.26 Å². The zero-order valence-electron chi connectivity index (χ0n) is 14.2. The highest BCUT2D eigenvalue weighted by atomic mass is 16.5. The predicted molar refractivity (Wildman–Crippen MR) is 92.4 cm³/mol. The van der Waals surface area contributed by atoms with Crippen molar-refractivity contribution in [1.29, 1.82) is 5.26 Å². The summed E-state index contributed by atoms with van der Waals surface area (Å²) in [5, 5.41) is 11.5. The van der Waals surface area contributed by atoms with E-state index in [4.69, 9.17) is 10.00 Å². The molecule has 0 heterocycles. The second kappa shape index (κ2) is 7.97. The molecule has 0 saturated heterocycles. The van der Waals surface area contributed by atoms with Gasteiger partial charge in [-0.05, 0) is 55.8 Å². The highest BCUT2D eigenvalue weighted by Crippen LogP contribution is 2.19. The van der Waals surface area contributed by atoms with Crippen LogP contribution in [0.2, 0.25) is 0 Å². The van der Waals surface area contributed by atoms with Crippen LogP contribution in [0, 0.1) is 18.3 Å². The quantitative estimate of drug-likeness (QED) is 0.847. The van der Waals surface area contributed by atoms with Gasteiger partial charge in [0.05, 0.1) is 24.3 Å². The minimum Gasteiger partial charge on any atom is -0.481 e. The Morgan fingerprint density at radius 3 is 2.44 bits per heavy atom. The van der Waals surface area contributed by atoms with Crippen LogP contribution in [-0.2, 0) is 9.53 Å². The molecule has 25 heavy (non-hydrogen) atoms. The Kier molecular flexibility index (Phi) is 5.75. The number of esters is 1. The van der Waals surface area contributed by atoms with Gasteiger partial charge in [0.2, 0.25) is 0 Å². The number of aryl methyl sites for hydroxylation is 1. The number of rotatable bonds is 5. The second-order valence-electron chi connectivity index (χ2n) is 5.41. The number of hydrogen-bond donors (Lipinski definition) is 1. The van der Waals surface area contributed by atoms with Crippen LogP contribution in [0.15, 0.2) is 42.5 Å². The molecular formula is C19H18N2O4. The fourth-order valence-electron chi connectivity index (χ4n) is 2.10. The minimum atomic E-state index is -0.755. The number of carbonyl (C=O) groups is 2. The van der Waals surface area contributed by atoms with E-state index in [1.165, 1.54) is 7.11 Å². The topological polar surface area (TPSA) is 88.4 Å². The maximum Gasteiger partial charge on any atom is 0.337 e. The summed E-state index contributed by atoms with van der Waals surface area (Å²) in [6.45, 7) is 3.44. The number of nitriles is 1. The van der Waals surface area contributed by atoms with Crippen molar-refractivity contribution in [3.8, 4) is 11.8 Å². The summed E-state index contributed by atoms with van der Waals surface area (Å²) in [4.78, 5) is 23.9. The maximum absolute atomic E-state index is 12.3. The maximum atomic E-state index is 12.3. The molecule has 0 aliphatic heterocycles. The third-order valence-electron chi connectivity index (χ3n) is 3.58. The van der Waals surface area contributed by atoms with Crippen molar-refractivity contribution in [2.45, 2.75) is 20.0 Å². The Morgan fingerprint density at radius 2 is 1.84 bits per heavy atom. The molecule has 2 aromatic carbocycles. The first-order chi connectivity index (χ1) is 11.9. The number of hydrogen-bond acceptors (Lipinski definition) is 5. The van der Waals surface area contributed by atoms with E-state index >= 15 is 0 Å². The molecule has 0 bridgehead atoms. The first-order valence-corrected chi connectivity index (χ1v) is 7.61. The average Bonchev–Trinajstić information content (AvgIpc) is 2.63. The van der Waals surface area contributed by atoms with E-state index in [1.807, 2.05) is 13.0 Å². The van der Waals surface area contributed by atoms with Crippen LogP contribution in [0.4, 0.5) is 5.69 Å². The summed E-state index contributed by atoms with van der Waals surface area (Å²) in [5.74, 6) is -0.339. The monoisotopic (exact) mass is 338 g/mol. The van der Waals surface area contributed by atoms with Gasteiger partial charge in [-0.3, -0.25) is 4.79 Å². The lowest BCUT2D eigenvalue weighted by Crippen LogP contribution is -2.30. The fourth-order valence-corrected chi connectivity index (χ4v) is 2.10.